The number of methoxy groups -OCH3 is 2. The number of aromatic nitrogens is 1. The van der Waals surface area contributed by atoms with Crippen LogP contribution in [-0.2, 0) is 11.3 Å². The monoisotopic (exact) mass is 353 g/mol. The molecule has 0 saturated heterocycles. The van der Waals surface area contributed by atoms with E-state index >= 15 is 0 Å². The highest BCUT2D eigenvalue weighted by atomic mass is 16.5. The van der Waals surface area contributed by atoms with Crippen molar-refractivity contribution in [3.05, 3.63) is 65.4 Å². The zero-order valence-corrected chi connectivity index (χ0v) is 14.8. The van der Waals surface area contributed by atoms with E-state index in [-0.39, 0.29) is 6.61 Å². The van der Waals surface area contributed by atoms with Crippen molar-refractivity contribution in [1.29, 1.82) is 0 Å². The van der Waals surface area contributed by atoms with Crippen LogP contribution in [0, 0.1) is 6.92 Å². The van der Waals surface area contributed by atoms with Gasteiger partial charge in [-0.15, -0.1) is 0 Å². The molecule has 26 heavy (non-hydrogen) atoms. The Morgan fingerprint density at radius 1 is 1.04 bits per heavy atom. The summed E-state index contributed by atoms with van der Waals surface area (Å²) in [5.74, 6) is 1.09. The van der Waals surface area contributed by atoms with Gasteiger partial charge in [-0.1, -0.05) is 35.0 Å². The molecule has 0 aliphatic heterocycles. The topological polar surface area (TPSA) is 70.8 Å². The van der Waals surface area contributed by atoms with Gasteiger partial charge in [-0.3, -0.25) is 0 Å². The maximum atomic E-state index is 12.3. The van der Waals surface area contributed by atoms with E-state index in [0.717, 1.165) is 11.1 Å². The molecule has 6 heteroatoms. The predicted octanol–water partition coefficient (Wildman–Crippen LogP) is 4.02. The minimum absolute atomic E-state index is 0.00335. The summed E-state index contributed by atoms with van der Waals surface area (Å²) in [5, 5.41) is 3.95. The smallest absolute Gasteiger partial charge is 0.342 e. The summed E-state index contributed by atoms with van der Waals surface area (Å²) >= 11 is 0. The molecule has 134 valence electrons. The van der Waals surface area contributed by atoms with E-state index in [0.29, 0.717) is 28.5 Å². The molecule has 3 aromatic rings. The number of ether oxygens (including phenoxy) is 3. The molecular formula is C20H19NO5. The second-order valence-corrected chi connectivity index (χ2v) is 5.69. The average Bonchev–Trinajstić information content (AvgIpc) is 3.15. The molecule has 2 aromatic carbocycles. The Bertz CT molecular complexity index is 899. The molecule has 0 saturated carbocycles. The van der Waals surface area contributed by atoms with Crippen LogP contribution >= 0.6 is 0 Å². The molecular weight excluding hydrogens is 334 g/mol. The predicted molar refractivity (Wildman–Crippen MR) is 95.3 cm³/mol. The standard InChI is InChI=1S/C20H19NO5/c1-13-4-6-14(7-5-13)18-10-15(21-26-18)12-25-20(22)17-9-8-16(23-2)11-19(17)24-3/h4-11H,12H2,1-3H3. The lowest BCUT2D eigenvalue weighted by Gasteiger charge is -2.09. The molecule has 0 radical (unpaired) electrons. The van der Waals surface area contributed by atoms with Crippen molar-refractivity contribution < 1.29 is 23.5 Å². The number of carbonyl (C=O) groups excluding carboxylic acids is 1. The number of aryl methyl sites for hydroxylation is 1. The molecule has 0 fully saturated rings. The van der Waals surface area contributed by atoms with Gasteiger partial charge in [0.05, 0.1) is 14.2 Å². The van der Waals surface area contributed by atoms with Crippen molar-refractivity contribution in [2.45, 2.75) is 13.5 Å². The van der Waals surface area contributed by atoms with Crippen LogP contribution < -0.4 is 9.47 Å². The maximum Gasteiger partial charge on any atom is 0.342 e. The first-order valence-electron chi connectivity index (χ1n) is 8.02. The van der Waals surface area contributed by atoms with Crippen LogP contribution in [-0.4, -0.2) is 25.3 Å². The number of nitrogens with zero attached hydrogens (tertiary/aromatic N) is 1. The van der Waals surface area contributed by atoms with Crippen LogP contribution in [0.1, 0.15) is 21.6 Å². The normalized spacial score (nSPS) is 10.4. The van der Waals surface area contributed by atoms with Gasteiger partial charge in [-0.25, -0.2) is 4.79 Å². The summed E-state index contributed by atoms with van der Waals surface area (Å²) in [4.78, 5) is 12.3. The van der Waals surface area contributed by atoms with Gasteiger partial charge in [0.2, 0.25) is 0 Å². The first kappa shape index (κ1) is 17.5. The van der Waals surface area contributed by atoms with Crippen LogP contribution in [0.25, 0.3) is 11.3 Å². The van der Waals surface area contributed by atoms with Gasteiger partial charge in [0.15, 0.2) is 5.76 Å². The molecule has 1 aromatic heterocycles. The second kappa shape index (κ2) is 7.74. The second-order valence-electron chi connectivity index (χ2n) is 5.69. The quantitative estimate of drug-likeness (QED) is 0.623. The summed E-state index contributed by atoms with van der Waals surface area (Å²) in [7, 11) is 3.03. The Kier molecular flexibility index (Phi) is 5.22. The highest BCUT2D eigenvalue weighted by Gasteiger charge is 2.16. The molecule has 0 aliphatic rings. The lowest BCUT2D eigenvalue weighted by Crippen LogP contribution is -2.07. The summed E-state index contributed by atoms with van der Waals surface area (Å²) in [6.45, 7) is 2.02. The average molecular weight is 353 g/mol. The fraction of sp³-hybridized carbons (Fsp3) is 0.200. The Labute approximate surface area is 151 Å². The van der Waals surface area contributed by atoms with E-state index in [1.807, 2.05) is 31.2 Å². The van der Waals surface area contributed by atoms with Gasteiger partial charge < -0.3 is 18.7 Å². The number of esters is 1. The third-order valence-electron chi connectivity index (χ3n) is 3.87. The number of benzene rings is 2. The van der Waals surface area contributed by atoms with Gasteiger partial charge in [0.25, 0.3) is 0 Å². The first-order chi connectivity index (χ1) is 12.6. The third-order valence-corrected chi connectivity index (χ3v) is 3.87. The van der Waals surface area contributed by atoms with E-state index < -0.39 is 5.97 Å². The van der Waals surface area contributed by atoms with E-state index in [9.17, 15) is 4.79 Å². The molecule has 1 heterocycles. The van der Waals surface area contributed by atoms with Gasteiger partial charge in [0, 0.05) is 17.7 Å². The summed E-state index contributed by atoms with van der Waals surface area (Å²) in [5.41, 5.74) is 2.92. The summed E-state index contributed by atoms with van der Waals surface area (Å²) in [6, 6.07) is 14.5. The third kappa shape index (κ3) is 3.85. The lowest BCUT2D eigenvalue weighted by atomic mass is 10.1. The fourth-order valence-corrected chi connectivity index (χ4v) is 2.42. The summed E-state index contributed by atoms with van der Waals surface area (Å²) < 4.78 is 21.0. The van der Waals surface area contributed by atoms with Crippen molar-refractivity contribution >= 4 is 5.97 Å². The summed E-state index contributed by atoms with van der Waals surface area (Å²) in [6.07, 6.45) is 0. The Balaban J connectivity index is 1.68. The van der Waals surface area contributed by atoms with E-state index in [1.54, 1.807) is 31.4 Å². The number of carbonyl (C=O) groups is 1. The van der Waals surface area contributed by atoms with Gasteiger partial charge in [0.1, 0.15) is 29.4 Å². The minimum Gasteiger partial charge on any atom is -0.497 e. The molecule has 0 atom stereocenters. The zero-order chi connectivity index (χ0) is 18.5. The zero-order valence-electron chi connectivity index (χ0n) is 14.8. The molecule has 0 N–H and O–H groups in total. The van der Waals surface area contributed by atoms with Crippen molar-refractivity contribution in [2.75, 3.05) is 14.2 Å². The lowest BCUT2D eigenvalue weighted by molar-refractivity contribution is 0.0460. The van der Waals surface area contributed by atoms with E-state index in [4.69, 9.17) is 18.7 Å². The van der Waals surface area contributed by atoms with Gasteiger partial charge in [-0.05, 0) is 19.1 Å². The molecule has 0 bridgehead atoms. The van der Waals surface area contributed by atoms with Crippen LogP contribution in [0.4, 0.5) is 0 Å². The van der Waals surface area contributed by atoms with Crippen molar-refractivity contribution in [2.24, 2.45) is 0 Å². The Hall–Kier alpha value is -3.28. The van der Waals surface area contributed by atoms with Crippen molar-refractivity contribution in [3.63, 3.8) is 0 Å². The van der Waals surface area contributed by atoms with Crippen molar-refractivity contribution in [3.8, 4) is 22.8 Å². The highest BCUT2D eigenvalue weighted by molar-refractivity contribution is 5.92. The number of hydrogen-bond donors (Lipinski definition) is 0. The van der Waals surface area contributed by atoms with Crippen LogP contribution in [0.2, 0.25) is 0 Å². The molecule has 0 aliphatic carbocycles. The van der Waals surface area contributed by atoms with Crippen LogP contribution in [0.5, 0.6) is 11.5 Å². The van der Waals surface area contributed by atoms with Gasteiger partial charge >= 0.3 is 5.97 Å². The van der Waals surface area contributed by atoms with Gasteiger partial charge in [-0.2, -0.15) is 0 Å². The largest absolute Gasteiger partial charge is 0.497 e. The van der Waals surface area contributed by atoms with E-state index in [2.05, 4.69) is 5.16 Å². The molecule has 3 rings (SSSR count). The Morgan fingerprint density at radius 2 is 1.81 bits per heavy atom. The Morgan fingerprint density at radius 3 is 2.50 bits per heavy atom. The maximum absolute atomic E-state index is 12.3. The molecule has 0 amide bonds. The van der Waals surface area contributed by atoms with Crippen LogP contribution in [0.3, 0.4) is 0 Å². The first-order valence-corrected chi connectivity index (χ1v) is 8.02. The number of rotatable bonds is 6. The highest BCUT2D eigenvalue weighted by Crippen LogP contribution is 2.26. The molecule has 0 spiro atoms. The van der Waals surface area contributed by atoms with Crippen LogP contribution in [0.15, 0.2) is 53.1 Å². The fourth-order valence-electron chi connectivity index (χ4n) is 2.42. The van der Waals surface area contributed by atoms with Crippen molar-refractivity contribution in [1.82, 2.24) is 5.16 Å². The van der Waals surface area contributed by atoms with E-state index in [1.165, 1.54) is 7.11 Å². The molecule has 0 unspecified atom stereocenters. The SMILES string of the molecule is COc1ccc(C(=O)OCc2cc(-c3ccc(C)cc3)on2)c(OC)c1. The minimum atomic E-state index is -0.510. The molecule has 6 nitrogen and oxygen atoms in total. The number of hydrogen-bond acceptors (Lipinski definition) is 6.